The first-order valence-electron chi connectivity index (χ1n) is 5.47. The molecule has 0 N–H and O–H groups in total. The molecule has 2 atom stereocenters. The Morgan fingerprint density at radius 1 is 1.40 bits per heavy atom. The summed E-state index contributed by atoms with van der Waals surface area (Å²) in [6.45, 7) is 0.541. The fourth-order valence-corrected chi connectivity index (χ4v) is 2.20. The molecule has 1 rings (SSSR count). The van der Waals surface area contributed by atoms with E-state index < -0.39 is 0 Å². The Morgan fingerprint density at radius 2 is 2.20 bits per heavy atom. The molecule has 0 heterocycles. The first kappa shape index (κ1) is 11.7. The van der Waals surface area contributed by atoms with Gasteiger partial charge in [0.1, 0.15) is 6.10 Å². The summed E-state index contributed by atoms with van der Waals surface area (Å²) in [6.07, 6.45) is 9.73. The highest BCUT2D eigenvalue weighted by Crippen LogP contribution is 2.29. The monoisotopic (exact) mass is 208 g/mol. The SMILES string of the molecule is N#COC1CCCCC1CCCN=C=O. The molecule has 4 heteroatoms. The molecule has 1 aliphatic carbocycles. The van der Waals surface area contributed by atoms with E-state index in [0.717, 1.165) is 32.1 Å². The molecule has 0 aromatic carbocycles. The van der Waals surface area contributed by atoms with Crippen LogP contribution in [-0.4, -0.2) is 18.7 Å². The molecule has 0 amide bonds. The largest absolute Gasteiger partial charge is 0.424 e. The van der Waals surface area contributed by atoms with Gasteiger partial charge in [0.2, 0.25) is 6.08 Å². The van der Waals surface area contributed by atoms with Crippen molar-refractivity contribution in [2.75, 3.05) is 6.54 Å². The molecule has 4 nitrogen and oxygen atoms in total. The van der Waals surface area contributed by atoms with Crippen LogP contribution in [0.3, 0.4) is 0 Å². The topological polar surface area (TPSA) is 62.4 Å². The Labute approximate surface area is 89.9 Å². The molecule has 15 heavy (non-hydrogen) atoms. The fraction of sp³-hybridized carbons (Fsp3) is 0.818. The maximum Gasteiger partial charge on any atom is 0.286 e. The minimum atomic E-state index is 0.0870. The van der Waals surface area contributed by atoms with Crippen LogP contribution in [-0.2, 0) is 9.53 Å². The first-order valence-corrected chi connectivity index (χ1v) is 5.47. The number of hydrogen-bond donors (Lipinski definition) is 0. The zero-order valence-electron chi connectivity index (χ0n) is 8.82. The molecule has 1 saturated carbocycles. The Morgan fingerprint density at radius 3 is 2.93 bits per heavy atom. The van der Waals surface area contributed by atoms with Crippen molar-refractivity contribution in [2.45, 2.75) is 44.6 Å². The summed E-state index contributed by atoms with van der Waals surface area (Å²) < 4.78 is 5.05. The van der Waals surface area contributed by atoms with E-state index in [9.17, 15) is 4.79 Å². The molecule has 1 fully saturated rings. The third-order valence-electron chi connectivity index (χ3n) is 2.95. The molecule has 2 unspecified atom stereocenters. The van der Waals surface area contributed by atoms with E-state index in [2.05, 4.69) is 4.99 Å². The lowest BCUT2D eigenvalue weighted by atomic mass is 9.83. The van der Waals surface area contributed by atoms with E-state index in [0.29, 0.717) is 12.5 Å². The summed E-state index contributed by atoms with van der Waals surface area (Å²) in [6, 6.07) is 0. The second kappa shape index (κ2) is 7.03. The van der Waals surface area contributed by atoms with E-state index >= 15 is 0 Å². The van der Waals surface area contributed by atoms with Crippen molar-refractivity contribution in [1.82, 2.24) is 0 Å². The van der Waals surface area contributed by atoms with Crippen LogP contribution >= 0.6 is 0 Å². The number of rotatable bonds is 5. The second-order valence-corrected chi connectivity index (χ2v) is 3.91. The average molecular weight is 208 g/mol. The van der Waals surface area contributed by atoms with Crippen LogP contribution in [0, 0.1) is 17.4 Å². The van der Waals surface area contributed by atoms with Crippen LogP contribution in [0.2, 0.25) is 0 Å². The van der Waals surface area contributed by atoms with Crippen LogP contribution < -0.4 is 0 Å². The second-order valence-electron chi connectivity index (χ2n) is 3.91. The van der Waals surface area contributed by atoms with Gasteiger partial charge < -0.3 is 4.74 Å². The molecule has 0 aromatic rings. The molecular weight excluding hydrogens is 192 g/mol. The highest BCUT2D eigenvalue weighted by molar-refractivity contribution is 5.32. The molecule has 0 spiro atoms. The lowest BCUT2D eigenvalue weighted by molar-refractivity contribution is 0.0590. The summed E-state index contributed by atoms with van der Waals surface area (Å²) in [5, 5.41) is 8.50. The quantitative estimate of drug-likeness (QED) is 0.301. The van der Waals surface area contributed by atoms with E-state index in [-0.39, 0.29) is 6.10 Å². The maximum absolute atomic E-state index is 9.86. The summed E-state index contributed by atoms with van der Waals surface area (Å²) in [5.74, 6) is 0.459. The van der Waals surface area contributed by atoms with Gasteiger partial charge in [0.25, 0.3) is 6.26 Å². The normalized spacial score (nSPS) is 25.0. The summed E-state index contributed by atoms with van der Waals surface area (Å²) >= 11 is 0. The lowest BCUT2D eigenvalue weighted by Gasteiger charge is -2.28. The number of aliphatic imine (C=N–C) groups is 1. The van der Waals surface area contributed by atoms with Gasteiger partial charge in [0, 0.05) is 0 Å². The molecule has 82 valence electrons. The van der Waals surface area contributed by atoms with Crippen LogP contribution in [0.15, 0.2) is 4.99 Å². The molecule has 0 radical (unpaired) electrons. The van der Waals surface area contributed by atoms with Gasteiger partial charge in [-0.05, 0) is 38.0 Å². The number of nitrogens with zero attached hydrogens (tertiary/aromatic N) is 2. The first-order chi connectivity index (χ1) is 7.38. The Bertz CT molecular complexity index is 266. The van der Waals surface area contributed by atoms with Crippen molar-refractivity contribution in [2.24, 2.45) is 10.9 Å². The van der Waals surface area contributed by atoms with E-state index in [1.165, 1.54) is 12.5 Å². The van der Waals surface area contributed by atoms with E-state index in [1.54, 1.807) is 6.26 Å². The van der Waals surface area contributed by atoms with Crippen molar-refractivity contribution in [3.05, 3.63) is 0 Å². The van der Waals surface area contributed by atoms with Gasteiger partial charge in [-0.15, -0.1) is 0 Å². The van der Waals surface area contributed by atoms with Gasteiger partial charge in [-0.25, -0.2) is 9.79 Å². The van der Waals surface area contributed by atoms with Gasteiger partial charge in [-0.2, -0.15) is 5.26 Å². The number of hydrogen-bond acceptors (Lipinski definition) is 4. The average Bonchev–Trinajstić information content (AvgIpc) is 2.27. The summed E-state index contributed by atoms with van der Waals surface area (Å²) in [5.41, 5.74) is 0. The Hall–Kier alpha value is -1.33. The molecule has 0 bridgehead atoms. The molecule has 0 aliphatic heterocycles. The van der Waals surface area contributed by atoms with Crippen molar-refractivity contribution in [3.63, 3.8) is 0 Å². The third-order valence-corrected chi connectivity index (χ3v) is 2.95. The minimum Gasteiger partial charge on any atom is -0.424 e. The minimum absolute atomic E-state index is 0.0870. The van der Waals surface area contributed by atoms with Crippen molar-refractivity contribution < 1.29 is 9.53 Å². The Balaban J connectivity index is 2.29. The zero-order chi connectivity index (χ0) is 10.9. The third kappa shape index (κ3) is 4.14. The standard InChI is InChI=1S/C11H16N2O2/c12-8-15-11-6-2-1-4-10(11)5-3-7-13-9-14/h10-11H,1-7H2. The van der Waals surface area contributed by atoms with E-state index in [4.69, 9.17) is 10.00 Å². The highest BCUT2D eigenvalue weighted by atomic mass is 16.5. The van der Waals surface area contributed by atoms with Crippen LogP contribution in [0.5, 0.6) is 0 Å². The number of ether oxygens (including phenoxy) is 1. The van der Waals surface area contributed by atoms with Gasteiger partial charge in [-0.3, -0.25) is 0 Å². The summed E-state index contributed by atoms with van der Waals surface area (Å²) in [4.78, 5) is 13.4. The predicted octanol–water partition coefficient (Wildman–Crippen LogP) is 2.16. The Kier molecular flexibility index (Phi) is 5.50. The zero-order valence-corrected chi connectivity index (χ0v) is 8.82. The van der Waals surface area contributed by atoms with Gasteiger partial charge >= 0.3 is 0 Å². The number of isocyanates is 1. The van der Waals surface area contributed by atoms with Crippen LogP contribution in [0.25, 0.3) is 0 Å². The van der Waals surface area contributed by atoms with Crippen molar-refractivity contribution in [3.8, 4) is 6.26 Å². The number of nitriles is 1. The highest BCUT2D eigenvalue weighted by Gasteiger charge is 2.25. The van der Waals surface area contributed by atoms with Crippen molar-refractivity contribution >= 4 is 6.08 Å². The predicted molar refractivity (Wildman–Crippen MR) is 54.7 cm³/mol. The number of carbonyl (C=O) groups excluding carboxylic acids is 1. The lowest BCUT2D eigenvalue weighted by Crippen LogP contribution is -2.26. The van der Waals surface area contributed by atoms with Gasteiger partial charge in [0.05, 0.1) is 6.54 Å². The summed E-state index contributed by atoms with van der Waals surface area (Å²) in [7, 11) is 0. The van der Waals surface area contributed by atoms with E-state index in [1.807, 2.05) is 0 Å². The molecule has 0 saturated heterocycles. The molecule has 0 aromatic heterocycles. The van der Waals surface area contributed by atoms with Gasteiger partial charge in [0.15, 0.2) is 0 Å². The van der Waals surface area contributed by atoms with Crippen LogP contribution in [0.4, 0.5) is 0 Å². The molecule has 1 aliphatic rings. The fourth-order valence-electron chi connectivity index (χ4n) is 2.20. The van der Waals surface area contributed by atoms with Crippen LogP contribution in [0.1, 0.15) is 38.5 Å². The van der Waals surface area contributed by atoms with Gasteiger partial charge in [-0.1, -0.05) is 6.42 Å². The molecular formula is C11H16N2O2. The maximum atomic E-state index is 9.86. The smallest absolute Gasteiger partial charge is 0.286 e. The van der Waals surface area contributed by atoms with Crippen molar-refractivity contribution in [1.29, 1.82) is 5.26 Å².